The molecule has 0 saturated carbocycles. The third kappa shape index (κ3) is 3.24. The monoisotopic (exact) mass is 410 g/mol. The van der Waals surface area contributed by atoms with Crippen molar-refractivity contribution in [2.75, 3.05) is 7.11 Å². The maximum absolute atomic E-state index is 13.4. The van der Waals surface area contributed by atoms with Crippen LogP contribution in [0.3, 0.4) is 0 Å². The predicted octanol–water partition coefficient (Wildman–Crippen LogP) is 3.28. The first kappa shape index (κ1) is 19.1. The van der Waals surface area contributed by atoms with Crippen LogP contribution in [0.25, 0.3) is 33.7 Å². The number of halogens is 1. The fourth-order valence-electron chi connectivity index (χ4n) is 3.16. The summed E-state index contributed by atoms with van der Waals surface area (Å²) >= 11 is 0. The van der Waals surface area contributed by atoms with E-state index in [2.05, 4.69) is 14.8 Å². The highest BCUT2D eigenvalue weighted by Crippen LogP contribution is 2.40. The lowest BCUT2D eigenvalue weighted by atomic mass is 10.0. The van der Waals surface area contributed by atoms with Gasteiger partial charge >= 0.3 is 12.1 Å². The van der Waals surface area contributed by atoms with Gasteiger partial charge in [-0.05, 0) is 36.4 Å². The molecule has 152 valence electrons. The van der Waals surface area contributed by atoms with E-state index < -0.39 is 17.9 Å². The minimum Gasteiger partial charge on any atom is -0.496 e. The second kappa shape index (κ2) is 7.32. The number of amides is 1. The lowest BCUT2D eigenvalue weighted by Gasteiger charge is -2.08. The molecule has 9 nitrogen and oxygen atoms in total. The van der Waals surface area contributed by atoms with E-state index in [1.165, 1.54) is 37.7 Å². The van der Waals surface area contributed by atoms with Crippen molar-refractivity contribution >= 4 is 23.0 Å². The number of carbonyl (C=O) groups excluding carboxylic acids is 2. The van der Waals surface area contributed by atoms with Crippen LogP contribution < -0.4 is 10.5 Å². The quantitative estimate of drug-likeness (QED) is 0.405. The first-order valence-electron chi connectivity index (χ1n) is 8.65. The van der Waals surface area contributed by atoms with Gasteiger partial charge in [-0.1, -0.05) is 0 Å². The minimum absolute atomic E-state index is 0.0433. The summed E-state index contributed by atoms with van der Waals surface area (Å²) in [5, 5.41) is 4.37. The molecular weight excluding hydrogens is 395 g/mol. The van der Waals surface area contributed by atoms with Crippen LogP contribution in [0, 0.1) is 5.82 Å². The highest BCUT2D eigenvalue weighted by atomic mass is 19.1. The molecular formula is C20H15FN4O5. The number of benzene rings is 2. The molecule has 0 fully saturated rings. The van der Waals surface area contributed by atoms with Gasteiger partial charge in [-0.15, -0.1) is 0 Å². The van der Waals surface area contributed by atoms with Crippen LogP contribution in [0.15, 0.2) is 47.1 Å². The van der Waals surface area contributed by atoms with Crippen molar-refractivity contribution in [2.24, 2.45) is 12.8 Å². The average molecular weight is 410 g/mol. The third-order valence-electron chi connectivity index (χ3n) is 4.47. The number of aryl methyl sites for hydroxylation is 1. The number of aromatic nitrogens is 3. The molecule has 4 rings (SSSR count). The van der Waals surface area contributed by atoms with Gasteiger partial charge in [0.05, 0.1) is 12.7 Å². The van der Waals surface area contributed by atoms with E-state index in [0.29, 0.717) is 33.7 Å². The Labute approximate surface area is 168 Å². The molecule has 0 radical (unpaired) electrons. The summed E-state index contributed by atoms with van der Waals surface area (Å²) in [5.74, 6) is -0.474. The van der Waals surface area contributed by atoms with E-state index in [1.807, 2.05) is 0 Å². The van der Waals surface area contributed by atoms with Gasteiger partial charge in [-0.2, -0.15) is 5.10 Å². The van der Waals surface area contributed by atoms with Crippen molar-refractivity contribution in [2.45, 2.75) is 0 Å². The molecule has 10 heteroatoms. The Kier molecular flexibility index (Phi) is 4.66. The minimum atomic E-state index is -1.26. The van der Waals surface area contributed by atoms with Crippen molar-refractivity contribution in [1.29, 1.82) is 0 Å². The zero-order valence-electron chi connectivity index (χ0n) is 15.9. The van der Waals surface area contributed by atoms with Crippen molar-refractivity contribution < 1.29 is 27.9 Å². The molecule has 0 bridgehead atoms. The van der Waals surface area contributed by atoms with Crippen LogP contribution in [0.2, 0.25) is 0 Å². The number of methoxy groups -OCH3 is 1. The first-order chi connectivity index (χ1) is 14.4. The van der Waals surface area contributed by atoms with Crippen LogP contribution in [0.4, 0.5) is 9.18 Å². The summed E-state index contributed by atoms with van der Waals surface area (Å²) in [6.07, 6.45) is 0.128. The van der Waals surface area contributed by atoms with E-state index in [4.69, 9.17) is 14.9 Å². The van der Waals surface area contributed by atoms with Gasteiger partial charge in [0, 0.05) is 18.0 Å². The summed E-state index contributed by atoms with van der Waals surface area (Å²) in [5.41, 5.74) is 6.24. The summed E-state index contributed by atoms with van der Waals surface area (Å²) in [6, 6.07) is 8.51. The number of furan rings is 1. The van der Waals surface area contributed by atoms with Gasteiger partial charge in [0.1, 0.15) is 34.8 Å². The van der Waals surface area contributed by atoms with Crippen molar-refractivity contribution in [3.8, 4) is 28.5 Å². The topological polar surface area (TPSA) is 122 Å². The Morgan fingerprint density at radius 1 is 1.20 bits per heavy atom. The number of carbonyl (C=O) groups is 2. The van der Waals surface area contributed by atoms with Crippen molar-refractivity contribution in [3.63, 3.8) is 0 Å². The Balaban J connectivity index is 2.00. The van der Waals surface area contributed by atoms with E-state index in [9.17, 15) is 14.0 Å². The van der Waals surface area contributed by atoms with Gasteiger partial charge in [0.2, 0.25) is 0 Å². The Morgan fingerprint density at radius 3 is 2.53 bits per heavy atom. The Bertz CT molecular complexity index is 1280. The van der Waals surface area contributed by atoms with Crippen LogP contribution in [0.1, 0.15) is 10.4 Å². The zero-order chi connectivity index (χ0) is 21.4. The van der Waals surface area contributed by atoms with Gasteiger partial charge in [0.15, 0.2) is 5.82 Å². The number of fused-ring (bicyclic) bond motifs is 1. The van der Waals surface area contributed by atoms with Gasteiger partial charge in [-0.25, -0.2) is 23.6 Å². The maximum Gasteiger partial charge on any atom is 0.412 e. The van der Waals surface area contributed by atoms with Crippen molar-refractivity contribution in [1.82, 2.24) is 14.8 Å². The van der Waals surface area contributed by atoms with Crippen LogP contribution >= 0.6 is 0 Å². The largest absolute Gasteiger partial charge is 0.496 e. The SMILES string of the molecule is COc1cc2c(C(=O)OC(N)=O)c(-c3ccc(F)cc3)oc2cc1-c1ncnn1C. The van der Waals surface area contributed by atoms with E-state index in [0.717, 1.165) is 0 Å². The molecule has 0 saturated heterocycles. The molecule has 0 aliphatic heterocycles. The second-order valence-corrected chi connectivity index (χ2v) is 6.28. The molecule has 0 unspecified atom stereocenters. The normalized spacial score (nSPS) is 10.9. The fourth-order valence-corrected chi connectivity index (χ4v) is 3.16. The van der Waals surface area contributed by atoms with Gasteiger partial charge in [0.25, 0.3) is 0 Å². The molecule has 0 atom stereocenters. The number of esters is 1. The average Bonchev–Trinajstić information content (AvgIpc) is 3.29. The molecule has 2 aromatic heterocycles. The molecule has 2 heterocycles. The van der Waals surface area contributed by atoms with Crippen LogP contribution in [-0.4, -0.2) is 33.9 Å². The molecule has 0 spiro atoms. The summed E-state index contributed by atoms with van der Waals surface area (Å²) in [7, 11) is 3.18. The second-order valence-electron chi connectivity index (χ2n) is 6.28. The molecule has 2 N–H and O–H groups in total. The number of hydrogen-bond donors (Lipinski definition) is 1. The highest BCUT2D eigenvalue weighted by Gasteiger charge is 2.27. The molecule has 0 aliphatic carbocycles. The maximum atomic E-state index is 13.4. The van der Waals surface area contributed by atoms with E-state index >= 15 is 0 Å². The summed E-state index contributed by atoms with van der Waals surface area (Å²) in [4.78, 5) is 28.0. The number of nitrogens with two attached hydrogens (primary N) is 1. The molecule has 0 aliphatic rings. The Hall–Kier alpha value is -4.21. The number of hydrogen-bond acceptors (Lipinski definition) is 7. The lowest BCUT2D eigenvalue weighted by Crippen LogP contribution is -2.18. The van der Waals surface area contributed by atoms with Gasteiger partial charge in [-0.3, -0.25) is 0 Å². The summed E-state index contributed by atoms with van der Waals surface area (Å²) < 4.78 is 30.9. The number of ether oxygens (including phenoxy) is 2. The number of rotatable bonds is 4. The smallest absolute Gasteiger partial charge is 0.412 e. The number of nitrogens with zero attached hydrogens (tertiary/aromatic N) is 3. The van der Waals surface area contributed by atoms with Gasteiger partial charge < -0.3 is 19.6 Å². The highest BCUT2D eigenvalue weighted by molar-refractivity contribution is 6.12. The molecule has 1 amide bonds. The zero-order valence-corrected chi connectivity index (χ0v) is 15.9. The fraction of sp³-hybridized carbons (Fsp3) is 0.100. The van der Waals surface area contributed by atoms with Crippen LogP contribution in [0.5, 0.6) is 5.75 Å². The first-order valence-corrected chi connectivity index (χ1v) is 8.65. The number of primary amides is 1. The molecule has 4 aromatic rings. The standard InChI is InChI=1S/C20H15FN4O5/c1-25-18(23-9-24-25)13-8-15-12(7-14(13)28-2)16(19(26)30-20(22)27)17(29-15)10-3-5-11(21)6-4-10/h3-9H,1-2H3,(H2,22,27). The molecule has 2 aromatic carbocycles. The third-order valence-corrected chi connectivity index (χ3v) is 4.47. The van der Waals surface area contributed by atoms with E-state index in [-0.39, 0.29) is 11.3 Å². The summed E-state index contributed by atoms with van der Waals surface area (Å²) in [6.45, 7) is 0. The molecule has 30 heavy (non-hydrogen) atoms. The predicted molar refractivity (Wildman–Crippen MR) is 103 cm³/mol. The van der Waals surface area contributed by atoms with E-state index in [1.54, 1.807) is 23.9 Å². The lowest BCUT2D eigenvalue weighted by molar-refractivity contribution is 0.0640. The van der Waals surface area contributed by atoms with Crippen molar-refractivity contribution in [3.05, 3.63) is 54.1 Å². The van der Waals surface area contributed by atoms with Crippen LogP contribution in [-0.2, 0) is 11.8 Å². The Morgan fingerprint density at radius 2 is 1.93 bits per heavy atom.